The number of rotatable bonds is 14. The molecule has 1 aliphatic heterocycles. The van der Waals surface area contributed by atoms with Crippen LogP contribution in [0.15, 0.2) is 66.7 Å². The fourth-order valence-electron chi connectivity index (χ4n) is 5.00. The predicted molar refractivity (Wildman–Crippen MR) is 178 cm³/mol. The Morgan fingerprint density at radius 3 is 2.33 bits per heavy atom. The van der Waals surface area contributed by atoms with E-state index in [1.54, 1.807) is 36.4 Å². The highest BCUT2D eigenvalue weighted by molar-refractivity contribution is 7.92. The van der Waals surface area contributed by atoms with Crippen molar-refractivity contribution < 1.29 is 27.5 Å². The van der Waals surface area contributed by atoms with Crippen molar-refractivity contribution >= 4 is 50.7 Å². The quantitative estimate of drug-likeness (QED) is 0.234. The summed E-state index contributed by atoms with van der Waals surface area (Å²) in [4.78, 5) is 29.2. The zero-order chi connectivity index (χ0) is 32.6. The van der Waals surface area contributed by atoms with Crippen LogP contribution < -0.4 is 19.1 Å². The summed E-state index contributed by atoms with van der Waals surface area (Å²) in [6, 6.07) is 18.6. The Kier molecular flexibility index (Phi) is 12.0. The van der Waals surface area contributed by atoms with E-state index in [2.05, 4.69) is 5.32 Å². The van der Waals surface area contributed by atoms with Gasteiger partial charge in [-0.1, -0.05) is 73.4 Å². The molecule has 9 nitrogen and oxygen atoms in total. The Morgan fingerprint density at radius 2 is 1.67 bits per heavy atom. The van der Waals surface area contributed by atoms with Gasteiger partial charge in [0.15, 0.2) is 11.5 Å². The lowest BCUT2D eigenvalue weighted by atomic mass is 10.0. The van der Waals surface area contributed by atoms with Gasteiger partial charge in [0.05, 0.1) is 11.9 Å². The van der Waals surface area contributed by atoms with Crippen molar-refractivity contribution in [1.82, 2.24) is 10.2 Å². The first-order chi connectivity index (χ1) is 21.4. The summed E-state index contributed by atoms with van der Waals surface area (Å²) in [6.07, 6.45) is 1.60. The molecular weight excluding hydrogens is 637 g/mol. The summed E-state index contributed by atoms with van der Waals surface area (Å²) < 4.78 is 38.1. The van der Waals surface area contributed by atoms with Gasteiger partial charge in [0.25, 0.3) is 0 Å². The van der Waals surface area contributed by atoms with Crippen LogP contribution in [0.3, 0.4) is 0 Å². The zero-order valence-corrected chi connectivity index (χ0v) is 28.0. The van der Waals surface area contributed by atoms with Crippen LogP contribution in [0.1, 0.15) is 37.8 Å². The average Bonchev–Trinajstić information content (AvgIpc) is 3.00. The van der Waals surface area contributed by atoms with Gasteiger partial charge < -0.3 is 19.7 Å². The van der Waals surface area contributed by atoms with Crippen LogP contribution in [-0.2, 0) is 32.6 Å². The lowest BCUT2D eigenvalue weighted by Crippen LogP contribution is -2.51. The van der Waals surface area contributed by atoms with Gasteiger partial charge >= 0.3 is 0 Å². The van der Waals surface area contributed by atoms with Crippen molar-refractivity contribution in [3.05, 3.63) is 87.9 Å². The van der Waals surface area contributed by atoms with Crippen LogP contribution in [0.25, 0.3) is 0 Å². The first-order valence-corrected chi connectivity index (χ1v) is 17.4. The Bertz CT molecular complexity index is 1590. The number of benzene rings is 3. The summed E-state index contributed by atoms with van der Waals surface area (Å²) in [5.74, 6) is 0.636. The van der Waals surface area contributed by atoms with E-state index in [1.165, 1.54) is 9.21 Å². The SMILES string of the molecule is CC(C)CNC(=O)C(Cc1ccccc1)N(Cc1ccc(Cl)cc1Cl)C(=O)CCCN(c1ccc2c(c1)OCCO2)S(C)(=O)=O. The molecular formula is C33H39Cl2N3O6S. The van der Waals surface area contributed by atoms with E-state index < -0.39 is 16.1 Å². The molecule has 1 heterocycles. The molecule has 45 heavy (non-hydrogen) atoms. The van der Waals surface area contributed by atoms with Crippen LogP contribution in [0.2, 0.25) is 10.0 Å². The monoisotopic (exact) mass is 675 g/mol. The largest absolute Gasteiger partial charge is 0.486 e. The van der Waals surface area contributed by atoms with Crippen molar-refractivity contribution in [2.45, 2.75) is 45.7 Å². The van der Waals surface area contributed by atoms with Crippen LogP contribution in [-0.4, -0.2) is 63.7 Å². The number of nitrogens with one attached hydrogen (secondary N) is 1. The first-order valence-electron chi connectivity index (χ1n) is 14.8. The minimum absolute atomic E-state index is 0.00939. The van der Waals surface area contributed by atoms with E-state index in [4.69, 9.17) is 32.7 Å². The molecule has 3 aromatic carbocycles. The summed E-state index contributed by atoms with van der Waals surface area (Å²) in [6.45, 7) is 5.35. The van der Waals surface area contributed by atoms with Gasteiger partial charge in [0.2, 0.25) is 21.8 Å². The molecule has 1 unspecified atom stereocenters. The summed E-state index contributed by atoms with van der Waals surface area (Å²) >= 11 is 12.7. The number of anilines is 1. The van der Waals surface area contributed by atoms with Crippen LogP contribution in [0.5, 0.6) is 11.5 Å². The van der Waals surface area contributed by atoms with Gasteiger partial charge in [-0.05, 0) is 47.7 Å². The molecule has 0 aromatic heterocycles. The van der Waals surface area contributed by atoms with Crippen molar-refractivity contribution in [1.29, 1.82) is 0 Å². The number of amides is 2. The van der Waals surface area contributed by atoms with E-state index >= 15 is 0 Å². The molecule has 0 radical (unpaired) electrons. The number of sulfonamides is 1. The van der Waals surface area contributed by atoms with Gasteiger partial charge in [-0.15, -0.1) is 0 Å². The van der Waals surface area contributed by atoms with Gasteiger partial charge in [-0.25, -0.2) is 8.42 Å². The van der Waals surface area contributed by atoms with Crippen LogP contribution in [0.4, 0.5) is 5.69 Å². The molecule has 2 amide bonds. The second-order valence-electron chi connectivity index (χ2n) is 11.4. The number of hydrogen-bond acceptors (Lipinski definition) is 6. The fraction of sp³-hybridized carbons (Fsp3) is 0.394. The maximum absolute atomic E-state index is 14.0. The molecule has 3 aromatic rings. The van der Waals surface area contributed by atoms with Gasteiger partial charge in [0, 0.05) is 48.6 Å². The van der Waals surface area contributed by atoms with Crippen molar-refractivity contribution in [2.75, 3.05) is 36.9 Å². The lowest BCUT2D eigenvalue weighted by molar-refractivity contribution is -0.141. The van der Waals surface area contributed by atoms with Gasteiger partial charge in [-0.2, -0.15) is 0 Å². The molecule has 12 heteroatoms. The lowest BCUT2D eigenvalue weighted by Gasteiger charge is -2.32. The third kappa shape index (κ3) is 9.76. The standard InChI is InChI=1S/C33H39Cl2N3O6S/c1-23(2)21-36-33(40)29(18-24-8-5-4-6-9-24)37(22-25-11-12-26(34)19-28(25)35)32(39)10-7-15-38(45(3,41)42)27-13-14-30-31(20-27)44-17-16-43-30/h4-6,8-9,11-14,19-20,23,29H,7,10,15-18,21-22H2,1-3H3,(H,36,40). The number of nitrogens with zero attached hydrogens (tertiary/aromatic N) is 2. The van der Waals surface area contributed by atoms with Crippen LogP contribution in [0, 0.1) is 5.92 Å². The topological polar surface area (TPSA) is 105 Å². The number of fused-ring (bicyclic) bond motifs is 1. The van der Waals surface area contributed by atoms with E-state index in [0.29, 0.717) is 52.6 Å². The Hall–Kier alpha value is -3.47. The molecule has 1 aliphatic rings. The first kappa shape index (κ1) is 34.4. The van der Waals surface area contributed by atoms with E-state index in [-0.39, 0.29) is 50.1 Å². The molecule has 0 saturated carbocycles. The fourth-order valence-corrected chi connectivity index (χ4v) is 6.43. The molecule has 0 saturated heterocycles. The minimum atomic E-state index is -3.69. The summed E-state index contributed by atoms with van der Waals surface area (Å²) in [5, 5.41) is 3.83. The third-order valence-electron chi connectivity index (χ3n) is 7.28. The highest BCUT2D eigenvalue weighted by Gasteiger charge is 2.31. The Labute approximate surface area is 275 Å². The van der Waals surface area contributed by atoms with Gasteiger partial charge in [0.1, 0.15) is 19.3 Å². The molecule has 1 N–H and O–H groups in total. The molecule has 0 spiro atoms. The number of halogens is 2. The number of hydrogen-bond donors (Lipinski definition) is 1. The molecule has 0 aliphatic carbocycles. The normalized spacial score (nSPS) is 13.3. The smallest absolute Gasteiger partial charge is 0.243 e. The number of ether oxygens (including phenoxy) is 2. The number of carbonyl (C=O) groups excluding carboxylic acids is 2. The second-order valence-corrected chi connectivity index (χ2v) is 14.1. The third-order valence-corrected chi connectivity index (χ3v) is 9.06. The average molecular weight is 677 g/mol. The van der Waals surface area contributed by atoms with Crippen molar-refractivity contribution in [2.24, 2.45) is 5.92 Å². The van der Waals surface area contributed by atoms with E-state index in [1.807, 2.05) is 44.2 Å². The van der Waals surface area contributed by atoms with Gasteiger partial charge in [-0.3, -0.25) is 13.9 Å². The highest BCUT2D eigenvalue weighted by atomic mass is 35.5. The molecule has 242 valence electrons. The van der Waals surface area contributed by atoms with Crippen molar-refractivity contribution in [3.8, 4) is 11.5 Å². The van der Waals surface area contributed by atoms with Crippen LogP contribution >= 0.6 is 23.2 Å². The van der Waals surface area contributed by atoms with Crippen molar-refractivity contribution in [3.63, 3.8) is 0 Å². The second kappa shape index (κ2) is 15.7. The zero-order valence-electron chi connectivity index (χ0n) is 25.7. The molecule has 0 fully saturated rings. The molecule has 0 bridgehead atoms. The van der Waals surface area contributed by atoms with E-state index in [0.717, 1.165) is 11.8 Å². The summed E-state index contributed by atoms with van der Waals surface area (Å²) in [7, 11) is -3.69. The highest BCUT2D eigenvalue weighted by Crippen LogP contribution is 2.35. The predicted octanol–water partition coefficient (Wildman–Crippen LogP) is 5.72. The Balaban J connectivity index is 1.59. The maximum atomic E-state index is 14.0. The summed E-state index contributed by atoms with van der Waals surface area (Å²) in [5.41, 5.74) is 1.94. The Morgan fingerprint density at radius 1 is 0.956 bits per heavy atom. The molecule has 1 atom stereocenters. The minimum Gasteiger partial charge on any atom is -0.486 e. The van der Waals surface area contributed by atoms with E-state index in [9.17, 15) is 18.0 Å². The molecule has 4 rings (SSSR count). The number of carbonyl (C=O) groups is 2. The maximum Gasteiger partial charge on any atom is 0.243 e.